The number of para-hydroxylation sites is 1. The Bertz CT molecular complexity index is 311. The van der Waals surface area contributed by atoms with Crippen LogP contribution in [0, 0.1) is 0 Å². The number of hydrazine groups is 1. The zero-order valence-electron chi connectivity index (χ0n) is 9.53. The lowest BCUT2D eigenvalue weighted by Crippen LogP contribution is -2.36. The highest BCUT2D eigenvalue weighted by Crippen LogP contribution is 2.19. The normalized spacial score (nSPS) is 19.3. The van der Waals surface area contributed by atoms with Crippen molar-refractivity contribution in [3.8, 4) is 0 Å². The fourth-order valence-corrected chi connectivity index (χ4v) is 1.56. The standard InChI is InChI=1S/C10H12N2O.C2H6/c1-8-7-10(13)11-12(8)9-5-3-2-4-6-9;1-2/h2-6,8H,7H2,1H3,(H,11,13);1-2H3. The second kappa shape index (κ2) is 5.39. The van der Waals surface area contributed by atoms with E-state index in [1.807, 2.05) is 56.1 Å². The van der Waals surface area contributed by atoms with Gasteiger partial charge in [0.15, 0.2) is 0 Å². The van der Waals surface area contributed by atoms with Gasteiger partial charge in [-0.3, -0.25) is 15.2 Å². The minimum Gasteiger partial charge on any atom is -0.282 e. The minimum atomic E-state index is 0.0938. The Morgan fingerprint density at radius 1 is 1.27 bits per heavy atom. The molecule has 2 rings (SSSR count). The Kier molecular flexibility index (Phi) is 4.16. The number of anilines is 1. The molecule has 82 valence electrons. The van der Waals surface area contributed by atoms with Crippen LogP contribution in [-0.4, -0.2) is 11.9 Å². The molecule has 3 nitrogen and oxygen atoms in total. The molecule has 1 unspecified atom stereocenters. The van der Waals surface area contributed by atoms with Crippen molar-refractivity contribution in [1.82, 2.24) is 5.43 Å². The number of amides is 1. The summed E-state index contributed by atoms with van der Waals surface area (Å²) in [4.78, 5) is 11.1. The number of hydrogen-bond acceptors (Lipinski definition) is 2. The molecule has 1 amide bonds. The predicted octanol–water partition coefficient (Wildman–Crippen LogP) is 2.34. The Morgan fingerprint density at radius 2 is 1.87 bits per heavy atom. The fraction of sp³-hybridized carbons (Fsp3) is 0.417. The van der Waals surface area contributed by atoms with E-state index >= 15 is 0 Å². The summed E-state index contributed by atoms with van der Waals surface area (Å²) in [5.74, 6) is 0.0938. The molecule has 1 aromatic carbocycles. The van der Waals surface area contributed by atoms with E-state index < -0.39 is 0 Å². The van der Waals surface area contributed by atoms with Crippen LogP contribution in [-0.2, 0) is 4.79 Å². The monoisotopic (exact) mass is 206 g/mol. The molecular formula is C12H18N2O. The Labute approximate surface area is 91.1 Å². The quantitative estimate of drug-likeness (QED) is 0.765. The van der Waals surface area contributed by atoms with Crippen LogP contribution in [0.15, 0.2) is 30.3 Å². The molecule has 0 bridgehead atoms. The highest BCUT2D eigenvalue weighted by Gasteiger charge is 2.26. The highest BCUT2D eigenvalue weighted by molar-refractivity contribution is 5.82. The maximum atomic E-state index is 11.1. The summed E-state index contributed by atoms with van der Waals surface area (Å²) in [7, 11) is 0. The Morgan fingerprint density at radius 3 is 2.33 bits per heavy atom. The predicted molar refractivity (Wildman–Crippen MR) is 62.5 cm³/mol. The van der Waals surface area contributed by atoms with E-state index in [0.29, 0.717) is 6.42 Å². The third-order valence-corrected chi connectivity index (χ3v) is 2.20. The van der Waals surface area contributed by atoms with Crippen molar-refractivity contribution in [1.29, 1.82) is 0 Å². The van der Waals surface area contributed by atoms with Crippen LogP contribution in [0.5, 0.6) is 0 Å². The molecule has 1 fully saturated rings. The lowest BCUT2D eigenvalue weighted by molar-refractivity contribution is -0.119. The lowest BCUT2D eigenvalue weighted by Gasteiger charge is -2.22. The van der Waals surface area contributed by atoms with Crippen LogP contribution in [0.4, 0.5) is 5.69 Å². The molecule has 1 aliphatic rings. The van der Waals surface area contributed by atoms with Gasteiger partial charge in [0.1, 0.15) is 0 Å². The van der Waals surface area contributed by atoms with Gasteiger partial charge in [0.25, 0.3) is 0 Å². The molecule has 1 saturated heterocycles. The van der Waals surface area contributed by atoms with Crippen molar-refractivity contribution in [2.75, 3.05) is 5.01 Å². The van der Waals surface area contributed by atoms with E-state index in [0.717, 1.165) is 5.69 Å². The third kappa shape index (κ3) is 2.72. The van der Waals surface area contributed by atoms with Gasteiger partial charge in [-0.25, -0.2) is 0 Å². The van der Waals surface area contributed by atoms with Crippen LogP contribution in [0.3, 0.4) is 0 Å². The van der Waals surface area contributed by atoms with E-state index in [9.17, 15) is 4.79 Å². The van der Waals surface area contributed by atoms with Crippen LogP contribution >= 0.6 is 0 Å². The van der Waals surface area contributed by atoms with Crippen LogP contribution in [0.25, 0.3) is 0 Å². The van der Waals surface area contributed by atoms with E-state index in [1.54, 1.807) is 0 Å². The number of nitrogens with zero attached hydrogens (tertiary/aromatic N) is 1. The van der Waals surface area contributed by atoms with Crippen LogP contribution in [0.2, 0.25) is 0 Å². The van der Waals surface area contributed by atoms with Crippen molar-refractivity contribution < 1.29 is 4.79 Å². The summed E-state index contributed by atoms with van der Waals surface area (Å²) >= 11 is 0. The average molecular weight is 206 g/mol. The summed E-state index contributed by atoms with van der Waals surface area (Å²) in [6, 6.07) is 10.1. The Balaban J connectivity index is 0.000000531. The van der Waals surface area contributed by atoms with Crippen molar-refractivity contribution in [3.63, 3.8) is 0 Å². The average Bonchev–Trinajstić information content (AvgIpc) is 2.62. The maximum Gasteiger partial charge on any atom is 0.240 e. The maximum absolute atomic E-state index is 11.1. The van der Waals surface area contributed by atoms with Gasteiger partial charge in [-0.05, 0) is 19.1 Å². The summed E-state index contributed by atoms with van der Waals surface area (Å²) in [5.41, 5.74) is 3.86. The second-order valence-electron chi connectivity index (χ2n) is 3.29. The fourth-order valence-electron chi connectivity index (χ4n) is 1.56. The van der Waals surface area contributed by atoms with Gasteiger partial charge in [-0.2, -0.15) is 0 Å². The first-order valence-corrected chi connectivity index (χ1v) is 5.41. The third-order valence-electron chi connectivity index (χ3n) is 2.20. The van der Waals surface area contributed by atoms with E-state index in [2.05, 4.69) is 5.43 Å². The molecule has 0 aliphatic carbocycles. The minimum absolute atomic E-state index is 0.0938. The first-order chi connectivity index (χ1) is 7.27. The van der Waals surface area contributed by atoms with Gasteiger partial charge in [-0.15, -0.1) is 0 Å². The zero-order chi connectivity index (χ0) is 11.3. The lowest BCUT2D eigenvalue weighted by atomic mass is 10.2. The molecule has 0 aromatic heterocycles. The van der Waals surface area contributed by atoms with E-state index in [1.165, 1.54) is 0 Å². The zero-order valence-corrected chi connectivity index (χ0v) is 9.53. The molecule has 15 heavy (non-hydrogen) atoms. The molecule has 0 radical (unpaired) electrons. The SMILES string of the molecule is CC.CC1CC(=O)NN1c1ccccc1. The number of benzene rings is 1. The molecular weight excluding hydrogens is 188 g/mol. The molecule has 1 aromatic rings. The van der Waals surface area contributed by atoms with Crippen LogP contribution < -0.4 is 10.4 Å². The first kappa shape index (κ1) is 11.6. The number of rotatable bonds is 1. The smallest absolute Gasteiger partial charge is 0.240 e. The highest BCUT2D eigenvalue weighted by atomic mass is 16.2. The molecule has 3 heteroatoms. The van der Waals surface area contributed by atoms with E-state index in [-0.39, 0.29) is 11.9 Å². The summed E-state index contributed by atoms with van der Waals surface area (Å²) < 4.78 is 0. The molecule has 1 atom stereocenters. The second-order valence-corrected chi connectivity index (χ2v) is 3.29. The van der Waals surface area contributed by atoms with Gasteiger partial charge in [-0.1, -0.05) is 32.0 Å². The molecule has 0 spiro atoms. The van der Waals surface area contributed by atoms with Crippen LogP contribution in [0.1, 0.15) is 27.2 Å². The van der Waals surface area contributed by atoms with E-state index in [4.69, 9.17) is 0 Å². The van der Waals surface area contributed by atoms with Gasteiger partial charge >= 0.3 is 0 Å². The summed E-state index contributed by atoms with van der Waals surface area (Å²) in [5, 5.41) is 1.91. The van der Waals surface area contributed by atoms with Crippen molar-refractivity contribution in [3.05, 3.63) is 30.3 Å². The van der Waals surface area contributed by atoms with Crippen molar-refractivity contribution in [2.24, 2.45) is 0 Å². The number of nitrogens with one attached hydrogen (secondary N) is 1. The molecule has 1 heterocycles. The van der Waals surface area contributed by atoms with Gasteiger partial charge in [0.05, 0.1) is 18.2 Å². The first-order valence-electron chi connectivity index (χ1n) is 5.41. The van der Waals surface area contributed by atoms with Gasteiger partial charge < -0.3 is 0 Å². The number of carbonyl (C=O) groups excluding carboxylic acids is 1. The number of carbonyl (C=O) groups is 1. The molecule has 1 N–H and O–H groups in total. The van der Waals surface area contributed by atoms with Gasteiger partial charge in [0.2, 0.25) is 5.91 Å². The van der Waals surface area contributed by atoms with Gasteiger partial charge in [0, 0.05) is 0 Å². The molecule has 1 aliphatic heterocycles. The number of hydrogen-bond donors (Lipinski definition) is 1. The summed E-state index contributed by atoms with van der Waals surface area (Å²) in [6.07, 6.45) is 0.578. The topological polar surface area (TPSA) is 32.3 Å². The summed E-state index contributed by atoms with van der Waals surface area (Å²) in [6.45, 7) is 6.03. The van der Waals surface area contributed by atoms with Crippen molar-refractivity contribution >= 4 is 11.6 Å². The Hall–Kier alpha value is -1.51. The largest absolute Gasteiger partial charge is 0.282 e. The molecule has 0 saturated carbocycles. The van der Waals surface area contributed by atoms with Crippen molar-refractivity contribution in [2.45, 2.75) is 33.2 Å².